The van der Waals surface area contributed by atoms with Gasteiger partial charge in [0.15, 0.2) is 0 Å². The second-order valence-electron chi connectivity index (χ2n) is 5.86. The largest absolute Gasteiger partial charge is 0.307 e. The van der Waals surface area contributed by atoms with Crippen LogP contribution < -0.4 is 0 Å². The summed E-state index contributed by atoms with van der Waals surface area (Å²) in [5.41, 5.74) is -4.59. The summed E-state index contributed by atoms with van der Waals surface area (Å²) < 4.78 is 41.4. The van der Waals surface area contributed by atoms with Gasteiger partial charge in [-0.15, -0.1) is 0 Å². The average Bonchev–Trinajstić information content (AvgIpc) is 1.95. The Morgan fingerprint density at radius 3 is 1.93 bits per heavy atom. The van der Waals surface area contributed by atoms with Crippen molar-refractivity contribution in [1.29, 1.82) is 0 Å². The number of halogens is 3. The van der Waals surface area contributed by atoms with E-state index in [2.05, 4.69) is 0 Å². The SMILES string of the molecule is O=C(F)C12CC3CC(F)(CC(F)(C3)C1)C2. The Bertz CT molecular complexity index is 323. The first-order valence-electron chi connectivity index (χ1n) is 5.43. The van der Waals surface area contributed by atoms with E-state index in [1.807, 2.05) is 0 Å². The molecule has 0 saturated heterocycles. The van der Waals surface area contributed by atoms with Crippen molar-refractivity contribution >= 4 is 6.04 Å². The fraction of sp³-hybridized carbons (Fsp3) is 0.909. The van der Waals surface area contributed by atoms with Crippen LogP contribution in [0.2, 0.25) is 0 Å². The minimum Gasteiger partial charge on any atom is -0.261 e. The molecule has 4 saturated carbocycles. The topological polar surface area (TPSA) is 17.1 Å². The molecule has 4 aliphatic rings. The van der Waals surface area contributed by atoms with Crippen molar-refractivity contribution in [2.75, 3.05) is 0 Å². The van der Waals surface area contributed by atoms with E-state index in [4.69, 9.17) is 0 Å². The molecule has 0 heterocycles. The summed E-state index contributed by atoms with van der Waals surface area (Å²) in [6.45, 7) is 0. The van der Waals surface area contributed by atoms with E-state index in [0.29, 0.717) is 19.3 Å². The summed E-state index contributed by atoms with van der Waals surface area (Å²) in [7, 11) is 0. The van der Waals surface area contributed by atoms with Gasteiger partial charge < -0.3 is 0 Å². The molecule has 0 aliphatic heterocycles. The van der Waals surface area contributed by atoms with Crippen LogP contribution in [-0.4, -0.2) is 17.4 Å². The normalized spacial score (nSPS) is 57.1. The monoisotopic (exact) mass is 218 g/mol. The first-order chi connectivity index (χ1) is 6.85. The fourth-order valence-corrected chi connectivity index (χ4v) is 4.42. The van der Waals surface area contributed by atoms with Crippen LogP contribution in [0.25, 0.3) is 0 Å². The van der Waals surface area contributed by atoms with E-state index in [1.165, 1.54) is 0 Å². The molecule has 0 amide bonds. The fourth-order valence-electron chi connectivity index (χ4n) is 4.42. The molecule has 4 heteroatoms. The molecule has 4 fully saturated rings. The second-order valence-corrected chi connectivity index (χ2v) is 5.86. The first kappa shape index (κ1) is 9.67. The lowest BCUT2D eigenvalue weighted by Crippen LogP contribution is -2.61. The van der Waals surface area contributed by atoms with Crippen molar-refractivity contribution in [1.82, 2.24) is 0 Å². The maximum Gasteiger partial charge on any atom is 0.307 e. The smallest absolute Gasteiger partial charge is 0.261 e. The van der Waals surface area contributed by atoms with Crippen LogP contribution in [0.4, 0.5) is 13.2 Å². The minimum atomic E-state index is -1.63. The molecule has 2 unspecified atom stereocenters. The van der Waals surface area contributed by atoms with Gasteiger partial charge in [0.2, 0.25) is 0 Å². The van der Waals surface area contributed by atoms with Crippen LogP contribution in [0.3, 0.4) is 0 Å². The highest BCUT2D eigenvalue weighted by Crippen LogP contribution is 2.65. The highest BCUT2D eigenvalue weighted by atomic mass is 19.2. The van der Waals surface area contributed by atoms with E-state index in [9.17, 15) is 18.0 Å². The lowest BCUT2D eigenvalue weighted by Gasteiger charge is -2.59. The highest BCUT2D eigenvalue weighted by molar-refractivity contribution is 5.76. The van der Waals surface area contributed by atoms with Gasteiger partial charge in [-0.05, 0) is 38.0 Å². The van der Waals surface area contributed by atoms with Gasteiger partial charge in [0.1, 0.15) is 11.3 Å². The van der Waals surface area contributed by atoms with Crippen LogP contribution in [-0.2, 0) is 4.79 Å². The zero-order valence-corrected chi connectivity index (χ0v) is 8.36. The number of alkyl halides is 2. The van der Waals surface area contributed by atoms with E-state index in [0.717, 1.165) is 0 Å². The quantitative estimate of drug-likeness (QED) is 0.618. The summed E-state index contributed by atoms with van der Waals surface area (Å²) >= 11 is 0. The summed E-state index contributed by atoms with van der Waals surface area (Å²) in [4.78, 5) is 11.0. The van der Waals surface area contributed by atoms with Crippen LogP contribution in [0, 0.1) is 11.3 Å². The molecule has 0 aromatic heterocycles. The Morgan fingerprint density at radius 1 is 1.00 bits per heavy atom. The Labute approximate surface area is 86.0 Å². The second kappa shape index (κ2) is 2.41. The molecular weight excluding hydrogens is 205 g/mol. The van der Waals surface area contributed by atoms with Gasteiger partial charge in [0.05, 0.1) is 5.41 Å². The summed E-state index contributed by atoms with van der Waals surface area (Å²) in [5, 5.41) is 0. The van der Waals surface area contributed by atoms with Crippen molar-refractivity contribution in [2.45, 2.75) is 49.9 Å². The third-order valence-electron chi connectivity index (χ3n) is 4.35. The summed E-state index contributed by atoms with van der Waals surface area (Å²) in [6.07, 6.45) is 0.640. The van der Waals surface area contributed by atoms with Gasteiger partial charge in [-0.2, -0.15) is 4.39 Å². The molecule has 84 valence electrons. The molecule has 1 nitrogen and oxygen atoms in total. The van der Waals surface area contributed by atoms with E-state index >= 15 is 0 Å². The zero-order valence-electron chi connectivity index (χ0n) is 8.36. The molecule has 0 spiro atoms. The van der Waals surface area contributed by atoms with Crippen LogP contribution in [0.5, 0.6) is 0 Å². The van der Waals surface area contributed by atoms with Gasteiger partial charge >= 0.3 is 6.04 Å². The molecule has 0 aromatic carbocycles. The summed E-state index contributed by atoms with van der Waals surface area (Å²) in [6, 6.07) is -1.50. The molecule has 0 radical (unpaired) electrons. The molecular formula is C11H13F3O. The number of hydrogen-bond donors (Lipinski definition) is 0. The van der Waals surface area contributed by atoms with E-state index in [-0.39, 0.29) is 25.2 Å². The van der Waals surface area contributed by atoms with Gasteiger partial charge in [-0.25, -0.2) is 8.78 Å². The van der Waals surface area contributed by atoms with Crippen LogP contribution >= 0.6 is 0 Å². The lowest BCUT2D eigenvalue weighted by molar-refractivity contribution is -0.191. The molecule has 4 bridgehead atoms. The zero-order chi connectivity index (χ0) is 10.9. The Morgan fingerprint density at radius 2 is 1.53 bits per heavy atom. The van der Waals surface area contributed by atoms with Gasteiger partial charge in [0, 0.05) is 6.42 Å². The number of hydrogen-bond acceptors (Lipinski definition) is 1. The highest BCUT2D eigenvalue weighted by Gasteiger charge is 2.67. The number of carbonyl (C=O) groups excluding carboxylic acids is 1. The summed E-state index contributed by atoms with van der Waals surface area (Å²) in [5.74, 6) is -0.143. The van der Waals surface area contributed by atoms with Gasteiger partial charge in [0.25, 0.3) is 0 Å². The van der Waals surface area contributed by atoms with Crippen molar-refractivity contribution < 1.29 is 18.0 Å². The Hall–Kier alpha value is -0.540. The lowest BCUT2D eigenvalue weighted by atomic mass is 9.47. The third-order valence-corrected chi connectivity index (χ3v) is 4.35. The van der Waals surface area contributed by atoms with Crippen LogP contribution in [0.1, 0.15) is 38.5 Å². The van der Waals surface area contributed by atoms with E-state index in [1.54, 1.807) is 0 Å². The average molecular weight is 218 g/mol. The predicted octanol–water partition coefficient (Wildman–Crippen LogP) is 2.88. The molecule has 2 atom stereocenters. The first-order valence-corrected chi connectivity index (χ1v) is 5.43. The van der Waals surface area contributed by atoms with Crippen molar-refractivity contribution in [3.63, 3.8) is 0 Å². The number of carbonyl (C=O) groups is 1. The van der Waals surface area contributed by atoms with Crippen molar-refractivity contribution in [3.8, 4) is 0 Å². The van der Waals surface area contributed by atoms with Crippen LogP contribution in [0.15, 0.2) is 0 Å². The van der Waals surface area contributed by atoms with Gasteiger partial charge in [-0.1, -0.05) is 0 Å². The maximum absolute atomic E-state index is 14.2. The number of rotatable bonds is 1. The van der Waals surface area contributed by atoms with Crippen molar-refractivity contribution in [2.24, 2.45) is 11.3 Å². The van der Waals surface area contributed by atoms with E-state index < -0.39 is 22.8 Å². The molecule has 0 aromatic rings. The Kier molecular flexibility index (Phi) is 1.55. The third kappa shape index (κ3) is 1.20. The molecule has 4 rings (SSSR count). The maximum atomic E-state index is 14.2. The molecule has 4 aliphatic carbocycles. The van der Waals surface area contributed by atoms with Crippen molar-refractivity contribution in [3.05, 3.63) is 0 Å². The molecule has 15 heavy (non-hydrogen) atoms. The standard InChI is InChI=1S/C11H13F3O/c12-8(15)9-1-7-2-10(13,4-9)6-11(14,3-7)5-9/h7H,1-6H2. The Balaban J connectivity index is 2.05. The predicted molar refractivity (Wildman–Crippen MR) is 47.4 cm³/mol. The minimum absolute atomic E-state index is 0.0997. The van der Waals surface area contributed by atoms with Gasteiger partial charge in [-0.3, -0.25) is 4.79 Å². The molecule has 0 N–H and O–H groups in total.